The molecule has 0 bridgehead atoms. The summed E-state index contributed by atoms with van der Waals surface area (Å²) in [6.07, 6.45) is 1.82. The lowest BCUT2D eigenvalue weighted by atomic mass is 10.1. The molecule has 0 atom stereocenters. The number of pyridine rings is 1. The summed E-state index contributed by atoms with van der Waals surface area (Å²) in [5.74, 6) is 0.576. The highest BCUT2D eigenvalue weighted by Gasteiger charge is 2.17. The highest BCUT2D eigenvalue weighted by atomic mass is 16.5. The average Bonchev–Trinajstić information content (AvgIpc) is 2.83. The molecule has 3 aromatic rings. The Morgan fingerprint density at radius 2 is 1.73 bits per heavy atom. The van der Waals surface area contributed by atoms with Gasteiger partial charge in [-0.05, 0) is 56.3 Å². The van der Waals surface area contributed by atoms with Gasteiger partial charge in [-0.3, -0.25) is 4.99 Å². The molecule has 2 aromatic carbocycles. The first-order valence-electron chi connectivity index (χ1n) is 10.9. The largest absolute Gasteiger partial charge is 0.481 e. The van der Waals surface area contributed by atoms with Gasteiger partial charge in [0.2, 0.25) is 5.88 Å². The molecule has 1 aliphatic heterocycles. The van der Waals surface area contributed by atoms with Crippen LogP contribution in [0.25, 0.3) is 28.1 Å². The van der Waals surface area contributed by atoms with Gasteiger partial charge < -0.3 is 14.6 Å². The molecule has 1 N–H and O–H groups in total. The first-order valence-corrected chi connectivity index (χ1v) is 10.9. The van der Waals surface area contributed by atoms with E-state index in [1.54, 1.807) is 7.11 Å². The Hall–Kier alpha value is -4.19. The number of rotatable bonds is 5. The van der Waals surface area contributed by atoms with Crippen molar-refractivity contribution in [1.82, 2.24) is 14.5 Å². The van der Waals surface area contributed by atoms with Gasteiger partial charge in [-0.2, -0.15) is 0 Å². The summed E-state index contributed by atoms with van der Waals surface area (Å²) in [5, 5.41) is 4.40. The molecule has 0 fully saturated rings. The third kappa shape index (κ3) is 4.15. The number of hydrogen-bond donors (Lipinski definition) is 1. The number of anilines is 2. The van der Waals surface area contributed by atoms with Gasteiger partial charge in [0.25, 0.3) is 0 Å². The number of hydrogen-bond acceptors (Lipinski definition) is 5. The lowest BCUT2D eigenvalue weighted by Crippen LogP contribution is -2.16. The third-order valence-electron chi connectivity index (χ3n) is 5.34. The van der Waals surface area contributed by atoms with Crippen LogP contribution in [-0.4, -0.2) is 27.7 Å². The summed E-state index contributed by atoms with van der Waals surface area (Å²) < 4.78 is 7.44. The van der Waals surface area contributed by atoms with E-state index in [0.717, 1.165) is 44.8 Å². The summed E-state index contributed by atoms with van der Waals surface area (Å²) in [5.41, 5.74) is 6.58. The van der Waals surface area contributed by atoms with E-state index in [9.17, 15) is 0 Å². The monoisotopic (exact) mass is 435 g/mol. The van der Waals surface area contributed by atoms with Crippen LogP contribution >= 0.6 is 0 Å². The van der Waals surface area contributed by atoms with E-state index in [2.05, 4.69) is 46.9 Å². The maximum Gasteiger partial charge on any atom is 0.213 e. The Labute approximate surface area is 192 Å². The van der Waals surface area contributed by atoms with Crippen molar-refractivity contribution in [3.8, 4) is 23.0 Å². The summed E-state index contributed by atoms with van der Waals surface area (Å²) in [4.78, 5) is 14.3. The molecule has 0 saturated heterocycles. The minimum Gasteiger partial charge on any atom is -0.481 e. The van der Waals surface area contributed by atoms with Gasteiger partial charge >= 0.3 is 0 Å². The molecule has 1 aliphatic carbocycles. The van der Waals surface area contributed by atoms with Crippen molar-refractivity contribution in [2.45, 2.75) is 19.9 Å². The quantitative estimate of drug-likeness (QED) is 0.366. The number of nitrogens with zero attached hydrogens (tertiary/aromatic N) is 4. The van der Waals surface area contributed by atoms with Gasteiger partial charge in [0, 0.05) is 17.8 Å². The molecule has 0 amide bonds. The number of benzene rings is 3. The second-order valence-corrected chi connectivity index (χ2v) is 8.07. The number of nitrogens with one attached hydrogen (secondary N) is 1. The van der Waals surface area contributed by atoms with Gasteiger partial charge in [0.15, 0.2) is 0 Å². The Kier molecular flexibility index (Phi) is 5.48. The van der Waals surface area contributed by atoms with Crippen LogP contribution in [0.1, 0.15) is 13.8 Å². The normalized spacial score (nSPS) is 11.9. The van der Waals surface area contributed by atoms with Crippen LogP contribution < -0.4 is 15.4 Å². The fraction of sp³-hybridized carbons (Fsp3) is 0.148. The topological polar surface area (TPSA) is 64.3 Å². The van der Waals surface area contributed by atoms with Crippen LogP contribution in [0.5, 0.6) is 5.88 Å². The second kappa shape index (κ2) is 8.74. The van der Waals surface area contributed by atoms with Crippen LogP contribution in [0.15, 0.2) is 90.1 Å². The number of para-hydroxylation sites is 3. The van der Waals surface area contributed by atoms with Crippen LogP contribution in [0.4, 0.5) is 11.4 Å². The van der Waals surface area contributed by atoms with Gasteiger partial charge in [0.1, 0.15) is 0 Å². The molecule has 33 heavy (non-hydrogen) atoms. The maximum absolute atomic E-state index is 5.26. The number of aromatic nitrogens is 3. The van der Waals surface area contributed by atoms with Gasteiger partial charge in [0.05, 0.1) is 52.5 Å². The standard InChI is InChI=1S/C27H25N5O/c1-18(2)29-23-16-26-24(15-22(23)30-19-9-5-4-6-10-19)31-21-11-7-8-12-25(21)32(26)20-13-14-27(33-3)28-17-20/h4-18,30H,1-3H3. The lowest BCUT2D eigenvalue weighted by molar-refractivity contribution is 0.398. The van der Waals surface area contributed by atoms with Crippen molar-refractivity contribution in [3.63, 3.8) is 0 Å². The van der Waals surface area contributed by atoms with E-state index in [-0.39, 0.29) is 6.04 Å². The molecule has 6 heteroatoms. The minimum atomic E-state index is 0.142. The first-order chi connectivity index (χ1) is 16.1. The van der Waals surface area contributed by atoms with E-state index >= 15 is 0 Å². The molecule has 0 saturated carbocycles. The van der Waals surface area contributed by atoms with Gasteiger partial charge in [-0.25, -0.2) is 9.97 Å². The van der Waals surface area contributed by atoms with Crippen molar-refractivity contribution < 1.29 is 4.74 Å². The molecule has 1 aromatic heterocycles. The summed E-state index contributed by atoms with van der Waals surface area (Å²) in [6.45, 7) is 4.16. The number of fused-ring (bicyclic) bond motifs is 2. The average molecular weight is 436 g/mol. The minimum absolute atomic E-state index is 0.142. The fourth-order valence-corrected chi connectivity index (χ4v) is 3.91. The number of ether oxygens (including phenoxy) is 1. The summed E-state index contributed by atoms with van der Waals surface area (Å²) in [6, 6.07) is 26.4. The second-order valence-electron chi connectivity index (χ2n) is 8.07. The van der Waals surface area contributed by atoms with E-state index < -0.39 is 0 Å². The predicted molar refractivity (Wildman–Crippen MR) is 132 cm³/mol. The highest BCUT2D eigenvalue weighted by Crippen LogP contribution is 2.30. The first kappa shape index (κ1) is 20.7. The predicted octanol–water partition coefficient (Wildman–Crippen LogP) is 5.59. The Morgan fingerprint density at radius 3 is 2.45 bits per heavy atom. The molecule has 0 spiro atoms. The molecular weight excluding hydrogens is 410 g/mol. The molecular formula is C27H25N5O. The SMILES string of the molecule is COc1ccc(-n2c3cc(=NC(C)C)c(Nc4ccccc4)cc-3nc3ccccc32)cn1. The molecule has 2 heterocycles. The van der Waals surface area contributed by atoms with E-state index in [1.165, 1.54) is 0 Å². The zero-order chi connectivity index (χ0) is 22.8. The van der Waals surface area contributed by atoms with Crippen molar-refractivity contribution in [1.29, 1.82) is 0 Å². The van der Waals surface area contributed by atoms with E-state index in [0.29, 0.717) is 5.88 Å². The Morgan fingerprint density at radius 1 is 0.939 bits per heavy atom. The molecule has 0 radical (unpaired) electrons. The van der Waals surface area contributed by atoms with Gasteiger partial charge in [-0.15, -0.1) is 0 Å². The Balaban J connectivity index is 1.81. The molecule has 0 unspecified atom stereocenters. The maximum atomic E-state index is 5.26. The summed E-state index contributed by atoms with van der Waals surface area (Å²) >= 11 is 0. The van der Waals surface area contributed by atoms with Crippen molar-refractivity contribution in [3.05, 3.63) is 90.4 Å². The molecule has 5 rings (SSSR count). The zero-order valence-corrected chi connectivity index (χ0v) is 18.9. The lowest BCUT2D eigenvalue weighted by Gasteiger charge is -2.20. The summed E-state index contributed by atoms with van der Waals surface area (Å²) in [7, 11) is 1.62. The van der Waals surface area contributed by atoms with E-state index in [1.807, 2.05) is 66.9 Å². The molecule has 6 nitrogen and oxygen atoms in total. The molecule has 2 aliphatic rings. The number of methoxy groups -OCH3 is 1. The van der Waals surface area contributed by atoms with Gasteiger partial charge in [-0.1, -0.05) is 30.3 Å². The zero-order valence-electron chi connectivity index (χ0n) is 18.9. The third-order valence-corrected chi connectivity index (χ3v) is 5.34. The van der Waals surface area contributed by atoms with E-state index in [4.69, 9.17) is 14.7 Å². The van der Waals surface area contributed by atoms with Crippen LogP contribution in [0.2, 0.25) is 0 Å². The highest BCUT2D eigenvalue weighted by molar-refractivity contribution is 5.84. The molecule has 164 valence electrons. The smallest absolute Gasteiger partial charge is 0.213 e. The van der Waals surface area contributed by atoms with Crippen LogP contribution in [0.3, 0.4) is 0 Å². The van der Waals surface area contributed by atoms with Crippen LogP contribution in [-0.2, 0) is 0 Å². The Bertz CT molecular complexity index is 1440. The van der Waals surface area contributed by atoms with Crippen molar-refractivity contribution in [2.75, 3.05) is 12.4 Å². The van der Waals surface area contributed by atoms with Crippen LogP contribution in [0, 0.1) is 0 Å². The van der Waals surface area contributed by atoms with Crippen molar-refractivity contribution in [2.24, 2.45) is 4.99 Å². The fourth-order valence-electron chi connectivity index (χ4n) is 3.91. The van der Waals surface area contributed by atoms with Crippen molar-refractivity contribution >= 4 is 22.4 Å².